The largest absolute Gasteiger partial charge is 0.486 e. The standard InChI is InChI=1S/C17H26N2O5S/c1-5-6-12(2)18-17(20)13(3)19(25(4,21)22)14-7-8-15-16(11-14)24-10-9-23-15/h7-8,11-13H,5-6,9-10H2,1-4H3,(H,18,20)/t12-,13-/m1/s1. The summed E-state index contributed by atoms with van der Waals surface area (Å²) in [5, 5.41) is 2.86. The van der Waals surface area contributed by atoms with Gasteiger partial charge in [0.2, 0.25) is 15.9 Å². The molecule has 0 aromatic heterocycles. The molecule has 1 amide bonds. The molecule has 1 aliphatic rings. The number of nitrogens with one attached hydrogen (secondary N) is 1. The van der Waals surface area contributed by atoms with Gasteiger partial charge in [0.1, 0.15) is 19.3 Å². The predicted octanol–water partition coefficient (Wildman–Crippen LogP) is 1.92. The first-order valence-electron chi connectivity index (χ1n) is 8.43. The van der Waals surface area contributed by atoms with Crippen LogP contribution in [0.15, 0.2) is 18.2 Å². The lowest BCUT2D eigenvalue weighted by atomic mass is 10.2. The number of nitrogens with zero attached hydrogens (tertiary/aromatic N) is 1. The Morgan fingerprint density at radius 2 is 1.88 bits per heavy atom. The number of sulfonamides is 1. The fourth-order valence-electron chi connectivity index (χ4n) is 2.85. The SMILES string of the molecule is CCC[C@@H](C)NC(=O)[C@@H](C)N(c1ccc2c(c1)OCCO2)S(C)(=O)=O. The topological polar surface area (TPSA) is 84.9 Å². The van der Waals surface area contributed by atoms with Gasteiger partial charge in [0.15, 0.2) is 11.5 Å². The van der Waals surface area contributed by atoms with Crippen LogP contribution in [0.1, 0.15) is 33.6 Å². The highest BCUT2D eigenvalue weighted by Crippen LogP contribution is 2.35. The van der Waals surface area contributed by atoms with Crippen LogP contribution in [-0.2, 0) is 14.8 Å². The van der Waals surface area contributed by atoms with Crippen molar-refractivity contribution >= 4 is 21.6 Å². The Kier molecular flexibility index (Phi) is 6.16. The Balaban J connectivity index is 2.29. The molecule has 0 unspecified atom stereocenters. The number of amides is 1. The van der Waals surface area contributed by atoms with E-state index < -0.39 is 16.1 Å². The monoisotopic (exact) mass is 370 g/mol. The maximum Gasteiger partial charge on any atom is 0.243 e. The van der Waals surface area contributed by atoms with Gasteiger partial charge in [-0.05, 0) is 32.4 Å². The summed E-state index contributed by atoms with van der Waals surface area (Å²) >= 11 is 0. The molecule has 0 saturated carbocycles. The zero-order valence-electron chi connectivity index (χ0n) is 15.1. The average molecular weight is 370 g/mol. The number of anilines is 1. The summed E-state index contributed by atoms with van der Waals surface area (Å²) in [6.45, 7) is 6.37. The van der Waals surface area contributed by atoms with E-state index in [9.17, 15) is 13.2 Å². The number of fused-ring (bicyclic) bond motifs is 1. The Morgan fingerprint density at radius 1 is 1.24 bits per heavy atom. The van der Waals surface area contributed by atoms with Gasteiger partial charge in [-0.25, -0.2) is 8.42 Å². The van der Waals surface area contributed by atoms with Gasteiger partial charge in [0, 0.05) is 12.1 Å². The van der Waals surface area contributed by atoms with Crippen LogP contribution in [0.3, 0.4) is 0 Å². The third-order valence-corrected chi connectivity index (χ3v) is 5.22. The molecule has 0 saturated heterocycles. The highest BCUT2D eigenvalue weighted by molar-refractivity contribution is 7.92. The van der Waals surface area contributed by atoms with Crippen molar-refractivity contribution in [2.24, 2.45) is 0 Å². The lowest BCUT2D eigenvalue weighted by Crippen LogP contribution is -2.49. The second-order valence-electron chi connectivity index (χ2n) is 6.26. The van der Waals surface area contributed by atoms with Crippen molar-refractivity contribution in [3.63, 3.8) is 0 Å². The molecule has 2 atom stereocenters. The first kappa shape index (κ1) is 19.4. The van der Waals surface area contributed by atoms with Crippen LogP contribution >= 0.6 is 0 Å². The van der Waals surface area contributed by atoms with E-state index >= 15 is 0 Å². The molecule has 1 aromatic rings. The number of rotatable bonds is 7. The van der Waals surface area contributed by atoms with Crippen LogP contribution in [0.2, 0.25) is 0 Å². The van der Waals surface area contributed by atoms with Crippen molar-refractivity contribution in [3.8, 4) is 11.5 Å². The van der Waals surface area contributed by atoms with Crippen LogP contribution in [0.25, 0.3) is 0 Å². The van der Waals surface area contributed by atoms with E-state index in [1.54, 1.807) is 25.1 Å². The molecular weight excluding hydrogens is 344 g/mol. The van der Waals surface area contributed by atoms with Crippen molar-refractivity contribution in [2.75, 3.05) is 23.8 Å². The van der Waals surface area contributed by atoms with Gasteiger partial charge in [-0.3, -0.25) is 9.10 Å². The van der Waals surface area contributed by atoms with Crippen molar-refractivity contribution in [1.29, 1.82) is 0 Å². The van der Waals surface area contributed by atoms with Crippen LogP contribution in [0.4, 0.5) is 5.69 Å². The first-order valence-corrected chi connectivity index (χ1v) is 10.3. The minimum absolute atomic E-state index is 0.0124. The first-order chi connectivity index (χ1) is 11.7. The van der Waals surface area contributed by atoms with Gasteiger partial charge in [0.25, 0.3) is 0 Å². The molecule has 2 rings (SSSR count). The highest BCUT2D eigenvalue weighted by atomic mass is 32.2. The van der Waals surface area contributed by atoms with E-state index in [0.29, 0.717) is 30.4 Å². The molecule has 1 aromatic carbocycles. The van der Waals surface area contributed by atoms with E-state index in [2.05, 4.69) is 5.32 Å². The van der Waals surface area contributed by atoms with Gasteiger partial charge >= 0.3 is 0 Å². The molecule has 25 heavy (non-hydrogen) atoms. The zero-order chi connectivity index (χ0) is 18.6. The van der Waals surface area contributed by atoms with Gasteiger partial charge < -0.3 is 14.8 Å². The second-order valence-corrected chi connectivity index (χ2v) is 8.12. The van der Waals surface area contributed by atoms with E-state index in [4.69, 9.17) is 9.47 Å². The molecule has 0 bridgehead atoms. The van der Waals surface area contributed by atoms with E-state index in [1.165, 1.54) is 0 Å². The summed E-state index contributed by atoms with van der Waals surface area (Å²) in [6, 6.07) is 3.98. The summed E-state index contributed by atoms with van der Waals surface area (Å²) in [6.07, 6.45) is 2.86. The van der Waals surface area contributed by atoms with E-state index in [-0.39, 0.29) is 11.9 Å². The molecule has 0 spiro atoms. The smallest absolute Gasteiger partial charge is 0.243 e. The molecule has 0 aliphatic carbocycles. The molecule has 1 N–H and O–H groups in total. The Hall–Kier alpha value is -1.96. The maximum atomic E-state index is 12.5. The number of ether oxygens (including phenoxy) is 2. The fraction of sp³-hybridized carbons (Fsp3) is 0.588. The highest BCUT2D eigenvalue weighted by Gasteiger charge is 2.30. The molecule has 7 nitrogen and oxygen atoms in total. The van der Waals surface area contributed by atoms with Crippen LogP contribution in [-0.4, -0.2) is 45.9 Å². The molecule has 1 heterocycles. The predicted molar refractivity (Wildman–Crippen MR) is 96.7 cm³/mol. The lowest BCUT2D eigenvalue weighted by molar-refractivity contribution is -0.122. The van der Waals surface area contributed by atoms with Crippen LogP contribution in [0, 0.1) is 0 Å². The maximum absolute atomic E-state index is 12.5. The van der Waals surface area contributed by atoms with Crippen molar-refractivity contribution < 1.29 is 22.7 Å². The fourth-order valence-corrected chi connectivity index (χ4v) is 4.01. The normalized spacial score (nSPS) is 16.0. The van der Waals surface area contributed by atoms with Gasteiger partial charge in [-0.2, -0.15) is 0 Å². The molecular formula is C17H26N2O5S. The minimum Gasteiger partial charge on any atom is -0.486 e. The van der Waals surface area contributed by atoms with E-state index in [0.717, 1.165) is 23.4 Å². The zero-order valence-corrected chi connectivity index (χ0v) is 15.9. The Bertz CT molecular complexity index is 720. The van der Waals surface area contributed by atoms with E-state index in [1.807, 2.05) is 13.8 Å². The Labute approximate surface area is 149 Å². The number of hydrogen-bond donors (Lipinski definition) is 1. The van der Waals surface area contributed by atoms with Crippen molar-refractivity contribution in [3.05, 3.63) is 18.2 Å². The summed E-state index contributed by atoms with van der Waals surface area (Å²) in [5.41, 5.74) is 0.373. The van der Waals surface area contributed by atoms with Crippen LogP contribution in [0.5, 0.6) is 11.5 Å². The molecule has 140 valence electrons. The third kappa shape index (κ3) is 4.78. The number of hydrogen-bond acceptors (Lipinski definition) is 5. The van der Waals surface area contributed by atoms with Crippen molar-refractivity contribution in [2.45, 2.75) is 45.7 Å². The summed E-state index contributed by atoms with van der Waals surface area (Å²) < 4.78 is 36.7. The molecule has 1 aliphatic heterocycles. The summed E-state index contributed by atoms with van der Waals surface area (Å²) in [5.74, 6) is 0.711. The van der Waals surface area contributed by atoms with Gasteiger partial charge in [-0.15, -0.1) is 0 Å². The van der Waals surface area contributed by atoms with Crippen LogP contribution < -0.4 is 19.1 Å². The number of benzene rings is 1. The summed E-state index contributed by atoms with van der Waals surface area (Å²) in [7, 11) is -3.66. The minimum atomic E-state index is -3.66. The quantitative estimate of drug-likeness (QED) is 0.793. The van der Waals surface area contributed by atoms with Gasteiger partial charge in [-0.1, -0.05) is 13.3 Å². The molecule has 0 fully saturated rings. The average Bonchev–Trinajstić information content (AvgIpc) is 2.53. The Morgan fingerprint density at radius 3 is 2.48 bits per heavy atom. The number of carbonyl (C=O) groups excluding carboxylic acids is 1. The van der Waals surface area contributed by atoms with Gasteiger partial charge in [0.05, 0.1) is 11.9 Å². The second kappa shape index (κ2) is 7.95. The van der Waals surface area contributed by atoms with Crippen molar-refractivity contribution in [1.82, 2.24) is 5.32 Å². The number of carbonyl (C=O) groups is 1. The lowest BCUT2D eigenvalue weighted by Gasteiger charge is -2.30. The third-order valence-electron chi connectivity index (χ3n) is 3.98. The molecule has 0 radical (unpaired) electrons. The molecule has 8 heteroatoms. The summed E-state index contributed by atoms with van der Waals surface area (Å²) in [4.78, 5) is 12.5.